The molecule has 0 atom stereocenters. The van der Waals surface area contributed by atoms with Crippen LogP contribution in [0.5, 0.6) is 0 Å². The third kappa shape index (κ3) is 15.0. The number of ketones is 2. The predicted molar refractivity (Wildman–Crippen MR) is 79.3 cm³/mol. The lowest BCUT2D eigenvalue weighted by atomic mass is 10.3. The van der Waals surface area contributed by atoms with Gasteiger partial charge in [0.2, 0.25) is 11.8 Å². The molecule has 0 rings (SSSR count). The fourth-order valence-electron chi connectivity index (χ4n) is 1.05. The van der Waals surface area contributed by atoms with E-state index in [1.54, 1.807) is 10.6 Å². The van der Waals surface area contributed by atoms with Gasteiger partial charge in [-0.05, 0) is 27.9 Å². The molecule has 0 aromatic heterocycles. The molecule has 24 heavy (non-hydrogen) atoms. The molecule has 0 aliphatic heterocycles. The fourth-order valence-corrected chi connectivity index (χ4v) is 1.05. The largest absolute Gasteiger partial charge is 0.336 e. The first-order valence-corrected chi connectivity index (χ1v) is 6.63. The molecule has 140 valence electrons. The summed E-state index contributed by atoms with van der Waals surface area (Å²) in [6.07, 6.45) is -0.741. The van der Waals surface area contributed by atoms with Crippen molar-refractivity contribution < 1.29 is 39.6 Å². The molecule has 0 spiro atoms. The summed E-state index contributed by atoms with van der Waals surface area (Å²) in [6, 6.07) is -4.90. The molecule has 8 N–H and O–H groups in total. The molecule has 0 aliphatic carbocycles. The van der Waals surface area contributed by atoms with E-state index in [9.17, 15) is 19.2 Å². The predicted octanol–water partition coefficient (Wildman–Crippen LogP) is -4.21. The Morgan fingerprint density at radius 3 is 1.12 bits per heavy atom. The van der Waals surface area contributed by atoms with Crippen molar-refractivity contribution in [2.75, 3.05) is 14.1 Å². The van der Waals surface area contributed by atoms with E-state index in [0.29, 0.717) is 0 Å². The van der Waals surface area contributed by atoms with Crippen molar-refractivity contribution in [3.8, 4) is 0 Å². The second kappa shape index (κ2) is 10.7. The van der Waals surface area contributed by atoms with Crippen LogP contribution >= 0.6 is 0 Å². The first-order valence-electron chi connectivity index (χ1n) is 6.63. The zero-order valence-electron chi connectivity index (χ0n) is 13.8. The highest BCUT2D eigenvalue weighted by atomic mass is 16.6. The zero-order chi connectivity index (χ0) is 19.6. The molecular formula is C12H24N4O8. The molecule has 2 amide bonds. The van der Waals surface area contributed by atoms with Gasteiger partial charge in [0, 0.05) is 0 Å². The van der Waals surface area contributed by atoms with Gasteiger partial charge >= 0.3 is 12.1 Å². The Morgan fingerprint density at radius 2 is 0.958 bits per heavy atom. The van der Waals surface area contributed by atoms with Crippen LogP contribution in [0.4, 0.5) is 0 Å². The number of amides is 2. The third-order valence-electron chi connectivity index (χ3n) is 2.14. The second-order valence-electron chi connectivity index (χ2n) is 4.70. The number of aliphatic hydroxyl groups is 4. The van der Waals surface area contributed by atoms with E-state index < -0.39 is 23.9 Å². The number of hydrogen-bond donors (Lipinski definition) is 8. The van der Waals surface area contributed by atoms with Gasteiger partial charge in [0.05, 0.1) is 12.8 Å². The zero-order valence-corrected chi connectivity index (χ0v) is 13.8. The minimum atomic E-state index is -2.45. The highest BCUT2D eigenvalue weighted by Crippen LogP contribution is 1.89. The summed E-state index contributed by atoms with van der Waals surface area (Å²) in [5.74, 6) is -2.19. The van der Waals surface area contributed by atoms with Gasteiger partial charge in [-0.1, -0.05) is 0 Å². The van der Waals surface area contributed by atoms with Crippen LogP contribution in [0.25, 0.3) is 0 Å². The van der Waals surface area contributed by atoms with E-state index in [2.05, 4.69) is 0 Å². The van der Waals surface area contributed by atoms with E-state index in [4.69, 9.17) is 20.4 Å². The normalized spacial score (nSPS) is 11.0. The van der Waals surface area contributed by atoms with Gasteiger partial charge < -0.3 is 20.4 Å². The number of rotatable bonds is 8. The van der Waals surface area contributed by atoms with Crippen LogP contribution in [0.15, 0.2) is 0 Å². The number of hydrogen-bond acceptors (Lipinski definition) is 10. The van der Waals surface area contributed by atoms with Crippen molar-refractivity contribution >= 4 is 23.4 Å². The van der Waals surface area contributed by atoms with Crippen molar-refractivity contribution in [3.63, 3.8) is 0 Å². The molecule has 0 aromatic carbocycles. The molecule has 0 aromatic rings. The van der Waals surface area contributed by atoms with Crippen LogP contribution < -0.4 is 21.3 Å². The summed E-state index contributed by atoms with van der Waals surface area (Å²) >= 11 is 0. The highest BCUT2D eigenvalue weighted by Gasteiger charge is 2.23. The van der Waals surface area contributed by atoms with Crippen molar-refractivity contribution in [2.24, 2.45) is 0 Å². The maximum Gasteiger partial charge on any atom is 0.311 e. The molecule has 0 saturated carbocycles. The number of carbonyl (C=O) groups is 4. The van der Waals surface area contributed by atoms with Gasteiger partial charge in [-0.3, -0.25) is 40.4 Å². The quantitative estimate of drug-likeness (QED) is 0.156. The van der Waals surface area contributed by atoms with Crippen LogP contribution in [0.2, 0.25) is 0 Å². The lowest BCUT2D eigenvalue weighted by molar-refractivity contribution is -0.207. The summed E-state index contributed by atoms with van der Waals surface area (Å²) < 4.78 is 0. The molecule has 0 bridgehead atoms. The molecule has 12 heteroatoms. The summed E-state index contributed by atoms with van der Waals surface area (Å²) in [5, 5.41) is 42.8. The topological polar surface area (TPSA) is 197 Å². The van der Waals surface area contributed by atoms with Crippen LogP contribution in [0.3, 0.4) is 0 Å². The lowest BCUT2D eigenvalue weighted by Gasteiger charge is -2.20. The van der Waals surface area contributed by atoms with E-state index in [0.717, 1.165) is 0 Å². The van der Waals surface area contributed by atoms with Crippen molar-refractivity contribution in [3.05, 3.63) is 0 Å². The molecule has 0 aliphatic rings. The van der Waals surface area contributed by atoms with E-state index in [-0.39, 0.29) is 24.4 Å². The SMILES string of the molecule is CNC(O)(O)NC(=O)CC(C)=O.CNC(O)(O)NC(=O)CC(C)=O. The second-order valence-corrected chi connectivity index (χ2v) is 4.70. The van der Waals surface area contributed by atoms with Crippen molar-refractivity contribution in [1.82, 2.24) is 21.3 Å². The Kier molecular flexibility index (Phi) is 10.9. The highest BCUT2D eigenvalue weighted by molar-refractivity contribution is 5.97. The van der Waals surface area contributed by atoms with Crippen LogP contribution in [0.1, 0.15) is 26.7 Å². The molecule has 0 fully saturated rings. The molecular weight excluding hydrogens is 328 g/mol. The van der Waals surface area contributed by atoms with Gasteiger partial charge in [-0.2, -0.15) is 0 Å². The summed E-state index contributed by atoms with van der Waals surface area (Å²) in [6.45, 7) is 2.46. The average Bonchev–Trinajstić information content (AvgIpc) is 2.36. The molecule has 12 nitrogen and oxygen atoms in total. The van der Waals surface area contributed by atoms with Gasteiger partial charge in [0.15, 0.2) is 0 Å². The smallest absolute Gasteiger partial charge is 0.311 e. The van der Waals surface area contributed by atoms with Gasteiger partial charge in [-0.15, -0.1) is 0 Å². The Labute approximate surface area is 138 Å². The summed E-state index contributed by atoms with van der Waals surface area (Å²) in [4.78, 5) is 42.2. The Bertz CT molecular complexity index is 422. The van der Waals surface area contributed by atoms with Crippen molar-refractivity contribution in [2.45, 2.75) is 38.8 Å². The average molecular weight is 352 g/mol. The molecule has 0 radical (unpaired) electrons. The van der Waals surface area contributed by atoms with Crippen molar-refractivity contribution in [1.29, 1.82) is 0 Å². The fraction of sp³-hybridized carbons (Fsp3) is 0.667. The van der Waals surface area contributed by atoms with Crippen LogP contribution in [0, 0.1) is 0 Å². The van der Waals surface area contributed by atoms with Gasteiger partial charge in [-0.25, -0.2) is 0 Å². The Balaban J connectivity index is 0. The van der Waals surface area contributed by atoms with E-state index in [1.165, 1.54) is 27.9 Å². The Hall–Kier alpha value is -1.96. The molecule has 0 heterocycles. The molecule has 0 unspecified atom stereocenters. The summed E-state index contributed by atoms with van der Waals surface area (Å²) in [5.41, 5.74) is 0. The van der Waals surface area contributed by atoms with E-state index in [1.807, 2.05) is 10.6 Å². The molecule has 0 saturated heterocycles. The maximum absolute atomic E-state index is 10.7. The first kappa shape index (κ1) is 24.3. The Morgan fingerprint density at radius 1 is 0.708 bits per heavy atom. The summed E-state index contributed by atoms with van der Waals surface area (Å²) in [7, 11) is 2.49. The van der Waals surface area contributed by atoms with Gasteiger partial charge in [0.1, 0.15) is 11.6 Å². The number of Topliss-reactive ketones (excluding diaryl/α,β-unsaturated/α-hetero) is 2. The monoisotopic (exact) mass is 352 g/mol. The third-order valence-corrected chi connectivity index (χ3v) is 2.14. The number of nitrogens with one attached hydrogen (secondary N) is 4. The maximum atomic E-state index is 10.7. The standard InChI is InChI=1S/2C6H12N2O4/c2*1-4(9)3-5(10)8-6(11,12)7-2/h2*7,11-12H,3H2,1-2H3,(H,8,10). The minimum absolute atomic E-state index is 0.348. The van der Waals surface area contributed by atoms with Gasteiger partial charge in [0.25, 0.3) is 0 Å². The number of carbonyl (C=O) groups excluding carboxylic acids is 4. The van der Waals surface area contributed by atoms with Crippen LogP contribution in [-0.2, 0) is 19.2 Å². The minimum Gasteiger partial charge on any atom is -0.336 e. The first-order chi connectivity index (χ1) is 10.7. The van der Waals surface area contributed by atoms with E-state index >= 15 is 0 Å². The van der Waals surface area contributed by atoms with Crippen LogP contribution in [-0.4, -0.2) is 70.0 Å². The lowest BCUT2D eigenvalue weighted by Crippen LogP contribution is -2.57.